The van der Waals surface area contributed by atoms with Gasteiger partial charge in [0.05, 0.1) is 0 Å². The zero-order valence-corrected chi connectivity index (χ0v) is 12.7. The summed E-state index contributed by atoms with van der Waals surface area (Å²) in [6.45, 7) is 8.46. The third-order valence-electron chi connectivity index (χ3n) is 4.02. The van der Waals surface area contributed by atoms with E-state index in [1.807, 2.05) is 12.1 Å². The van der Waals surface area contributed by atoms with E-state index in [1.165, 1.54) is 5.56 Å². The standard InChI is InChI=1S/C16H27N3O/c1-3-16(17)14-4-6-15(7-5-14)20-13-12-19-10-8-18(2)9-11-19/h4-7,16H,3,8-13,17H2,1-2H3. The number of benzene rings is 1. The SMILES string of the molecule is CCC(N)c1ccc(OCCN2CCN(C)CC2)cc1. The first-order valence-corrected chi connectivity index (χ1v) is 7.58. The maximum Gasteiger partial charge on any atom is 0.119 e. The molecule has 1 saturated heterocycles. The first-order chi connectivity index (χ1) is 9.69. The smallest absolute Gasteiger partial charge is 0.119 e. The minimum absolute atomic E-state index is 0.134. The number of piperazine rings is 1. The largest absolute Gasteiger partial charge is 0.492 e. The Morgan fingerprint density at radius 1 is 1.15 bits per heavy atom. The molecule has 1 aromatic rings. The van der Waals surface area contributed by atoms with Crippen molar-refractivity contribution in [3.05, 3.63) is 29.8 Å². The quantitative estimate of drug-likeness (QED) is 0.860. The number of hydrogen-bond acceptors (Lipinski definition) is 4. The van der Waals surface area contributed by atoms with Crippen LogP contribution in [0.3, 0.4) is 0 Å². The summed E-state index contributed by atoms with van der Waals surface area (Å²) in [4.78, 5) is 4.83. The van der Waals surface area contributed by atoms with E-state index in [0.29, 0.717) is 0 Å². The van der Waals surface area contributed by atoms with Crippen LogP contribution in [-0.4, -0.2) is 56.2 Å². The van der Waals surface area contributed by atoms with Gasteiger partial charge >= 0.3 is 0 Å². The van der Waals surface area contributed by atoms with Crippen LogP contribution in [-0.2, 0) is 0 Å². The van der Waals surface area contributed by atoms with E-state index in [4.69, 9.17) is 10.5 Å². The fraction of sp³-hybridized carbons (Fsp3) is 0.625. The first kappa shape index (κ1) is 15.3. The van der Waals surface area contributed by atoms with Crippen molar-refractivity contribution in [3.63, 3.8) is 0 Å². The number of hydrogen-bond donors (Lipinski definition) is 1. The molecule has 1 unspecified atom stereocenters. The molecule has 1 aromatic carbocycles. The maximum atomic E-state index is 6.00. The van der Waals surface area contributed by atoms with Crippen LogP contribution in [0.1, 0.15) is 24.9 Å². The zero-order chi connectivity index (χ0) is 14.4. The highest BCUT2D eigenvalue weighted by molar-refractivity contribution is 5.28. The van der Waals surface area contributed by atoms with Crippen LogP contribution >= 0.6 is 0 Å². The molecule has 4 heteroatoms. The van der Waals surface area contributed by atoms with Crippen molar-refractivity contribution in [2.45, 2.75) is 19.4 Å². The van der Waals surface area contributed by atoms with E-state index in [1.54, 1.807) is 0 Å². The van der Waals surface area contributed by atoms with Crippen LogP contribution in [0, 0.1) is 0 Å². The monoisotopic (exact) mass is 277 g/mol. The van der Waals surface area contributed by atoms with Crippen molar-refractivity contribution in [3.8, 4) is 5.75 Å². The maximum absolute atomic E-state index is 6.00. The third kappa shape index (κ3) is 4.47. The Bertz CT molecular complexity index is 385. The van der Waals surface area contributed by atoms with Gasteiger partial charge in [-0.05, 0) is 31.2 Å². The molecule has 0 bridgehead atoms. The van der Waals surface area contributed by atoms with Crippen molar-refractivity contribution in [2.75, 3.05) is 46.4 Å². The Hall–Kier alpha value is -1.10. The van der Waals surface area contributed by atoms with Gasteiger partial charge in [-0.15, -0.1) is 0 Å². The minimum atomic E-state index is 0.134. The molecule has 112 valence electrons. The molecule has 0 spiro atoms. The number of nitrogens with zero attached hydrogens (tertiary/aromatic N) is 2. The molecule has 0 amide bonds. The average Bonchev–Trinajstić information content (AvgIpc) is 2.49. The van der Waals surface area contributed by atoms with E-state index in [9.17, 15) is 0 Å². The molecule has 20 heavy (non-hydrogen) atoms. The molecule has 1 atom stereocenters. The number of ether oxygens (including phenoxy) is 1. The molecule has 1 aliphatic heterocycles. The van der Waals surface area contributed by atoms with Gasteiger partial charge in [0.2, 0.25) is 0 Å². The van der Waals surface area contributed by atoms with E-state index in [-0.39, 0.29) is 6.04 Å². The highest BCUT2D eigenvalue weighted by atomic mass is 16.5. The minimum Gasteiger partial charge on any atom is -0.492 e. The van der Waals surface area contributed by atoms with Gasteiger partial charge in [-0.3, -0.25) is 4.90 Å². The lowest BCUT2D eigenvalue weighted by Gasteiger charge is -2.32. The van der Waals surface area contributed by atoms with E-state index in [2.05, 4.69) is 35.9 Å². The Labute approximate surface area is 122 Å². The van der Waals surface area contributed by atoms with Crippen molar-refractivity contribution < 1.29 is 4.74 Å². The van der Waals surface area contributed by atoms with Gasteiger partial charge in [-0.2, -0.15) is 0 Å². The molecular formula is C16H27N3O. The van der Waals surface area contributed by atoms with Crippen molar-refractivity contribution in [2.24, 2.45) is 5.73 Å². The van der Waals surface area contributed by atoms with Crippen molar-refractivity contribution in [1.29, 1.82) is 0 Å². The summed E-state index contributed by atoms with van der Waals surface area (Å²) in [6.07, 6.45) is 0.962. The summed E-state index contributed by atoms with van der Waals surface area (Å²) in [5.74, 6) is 0.936. The second kappa shape index (κ2) is 7.62. The molecule has 0 aromatic heterocycles. The molecule has 1 fully saturated rings. The second-order valence-electron chi connectivity index (χ2n) is 5.58. The van der Waals surface area contributed by atoms with Gasteiger partial charge < -0.3 is 15.4 Å². The van der Waals surface area contributed by atoms with E-state index in [0.717, 1.165) is 51.5 Å². The average molecular weight is 277 g/mol. The zero-order valence-electron chi connectivity index (χ0n) is 12.7. The molecule has 0 aliphatic carbocycles. The second-order valence-corrected chi connectivity index (χ2v) is 5.58. The Balaban J connectivity index is 1.71. The fourth-order valence-corrected chi connectivity index (χ4v) is 2.41. The molecule has 2 rings (SSSR count). The summed E-state index contributed by atoms with van der Waals surface area (Å²) in [5, 5.41) is 0. The molecule has 1 aliphatic rings. The fourth-order valence-electron chi connectivity index (χ4n) is 2.41. The predicted molar refractivity (Wildman–Crippen MR) is 83.1 cm³/mol. The summed E-state index contributed by atoms with van der Waals surface area (Å²) in [5.41, 5.74) is 7.18. The molecule has 2 N–H and O–H groups in total. The van der Waals surface area contributed by atoms with Crippen LogP contribution in [0.2, 0.25) is 0 Å². The molecular weight excluding hydrogens is 250 g/mol. The Morgan fingerprint density at radius 2 is 1.80 bits per heavy atom. The van der Waals surface area contributed by atoms with E-state index < -0.39 is 0 Å². The van der Waals surface area contributed by atoms with Gasteiger partial charge in [0, 0.05) is 38.8 Å². The van der Waals surface area contributed by atoms with Gasteiger partial charge in [0.25, 0.3) is 0 Å². The summed E-state index contributed by atoms with van der Waals surface area (Å²) in [7, 11) is 2.18. The molecule has 1 heterocycles. The number of rotatable bonds is 6. The summed E-state index contributed by atoms with van der Waals surface area (Å²) in [6, 6.07) is 8.32. The number of likely N-dealkylation sites (N-methyl/N-ethyl adjacent to an activating group) is 1. The summed E-state index contributed by atoms with van der Waals surface area (Å²) < 4.78 is 5.81. The number of nitrogens with two attached hydrogens (primary N) is 1. The summed E-state index contributed by atoms with van der Waals surface area (Å²) >= 11 is 0. The first-order valence-electron chi connectivity index (χ1n) is 7.58. The van der Waals surface area contributed by atoms with Crippen LogP contribution in [0.4, 0.5) is 0 Å². The van der Waals surface area contributed by atoms with Crippen LogP contribution in [0.25, 0.3) is 0 Å². The Kier molecular flexibility index (Phi) is 5.83. The van der Waals surface area contributed by atoms with Crippen LogP contribution in [0.5, 0.6) is 5.75 Å². The van der Waals surface area contributed by atoms with Gasteiger partial charge in [0.1, 0.15) is 12.4 Å². The van der Waals surface area contributed by atoms with Crippen molar-refractivity contribution >= 4 is 0 Å². The topological polar surface area (TPSA) is 41.7 Å². The van der Waals surface area contributed by atoms with Gasteiger partial charge in [0.15, 0.2) is 0 Å². The van der Waals surface area contributed by atoms with Gasteiger partial charge in [-0.1, -0.05) is 19.1 Å². The lowest BCUT2D eigenvalue weighted by molar-refractivity contribution is 0.133. The lowest BCUT2D eigenvalue weighted by Crippen LogP contribution is -2.45. The molecule has 4 nitrogen and oxygen atoms in total. The van der Waals surface area contributed by atoms with Crippen LogP contribution < -0.4 is 10.5 Å². The van der Waals surface area contributed by atoms with Crippen molar-refractivity contribution in [1.82, 2.24) is 9.80 Å². The normalized spacial score (nSPS) is 18.9. The van der Waals surface area contributed by atoms with E-state index >= 15 is 0 Å². The Morgan fingerprint density at radius 3 is 2.40 bits per heavy atom. The van der Waals surface area contributed by atoms with Gasteiger partial charge in [-0.25, -0.2) is 0 Å². The third-order valence-corrected chi connectivity index (χ3v) is 4.02. The lowest BCUT2D eigenvalue weighted by atomic mass is 10.1. The highest BCUT2D eigenvalue weighted by Gasteiger charge is 2.13. The molecule has 0 saturated carbocycles. The highest BCUT2D eigenvalue weighted by Crippen LogP contribution is 2.18. The van der Waals surface area contributed by atoms with Crippen LogP contribution in [0.15, 0.2) is 24.3 Å². The molecule has 0 radical (unpaired) electrons. The predicted octanol–water partition coefficient (Wildman–Crippen LogP) is 1.72.